The average Bonchev–Trinajstić information content (AvgIpc) is 2.83. The zero-order valence-corrected chi connectivity index (χ0v) is 10.1. The lowest BCUT2D eigenvalue weighted by Crippen LogP contribution is -2.30. The second-order valence-electron chi connectivity index (χ2n) is 3.89. The molecule has 17 heavy (non-hydrogen) atoms. The van der Waals surface area contributed by atoms with Gasteiger partial charge in [-0.3, -0.25) is 4.79 Å². The standard InChI is InChI=1S/C12H18N4O/c1-2-11(9-13)12(17)15-5-3-4-7-16-8-6-14-10-16/h6,8,10-11H,2-5,7H2,1H3,(H,15,17). The van der Waals surface area contributed by atoms with Crippen LogP contribution in [0.3, 0.4) is 0 Å². The molecule has 1 heterocycles. The maximum atomic E-state index is 11.4. The van der Waals surface area contributed by atoms with Gasteiger partial charge < -0.3 is 9.88 Å². The van der Waals surface area contributed by atoms with Gasteiger partial charge in [0.25, 0.3) is 0 Å². The van der Waals surface area contributed by atoms with E-state index in [0.717, 1.165) is 19.4 Å². The van der Waals surface area contributed by atoms with Gasteiger partial charge in [0, 0.05) is 25.5 Å². The summed E-state index contributed by atoms with van der Waals surface area (Å²) in [5.41, 5.74) is 0. The van der Waals surface area contributed by atoms with Crippen LogP contribution in [0.15, 0.2) is 18.7 Å². The molecule has 0 saturated heterocycles. The number of rotatable bonds is 7. The minimum Gasteiger partial charge on any atom is -0.355 e. The Kier molecular flexibility index (Phi) is 5.80. The Morgan fingerprint density at radius 3 is 3.00 bits per heavy atom. The second-order valence-corrected chi connectivity index (χ2v) is 3.89. The number of hydrogen-bond acceptors (Lipinski definition) is 3. The monoisotopic (exact) mass is 234 g/mol. The van der Waals surface area contributed by atoms with Gasteiger partial charge in [-0.15, -0.1) is 0 Å². The van der Waals surface area contributed by atoms with Crippen molar-refractivity contribution in [2.75, 3.05) is 6.54 Å². The lowest BCUT2D eigenvalue weighted by molar-refractivity contribution is -0.123. The molecule has 92 valence electrons. The van der Waals surface area contributed by atoms with Gasteiger partial charge in [0.15, 0.2) is 0 Å². The van der Waals surface area contributed by atoms with Crippen LogP contribution in [-0.4, -0.2) is 22.0 Å². The van der Waals surface area contributed by atoms with E-state index in [2.05, 4.69) is 10.3 Å². The highest BCUT2D eigenvalue weighted by molar-refractivity contribution is 5.80. The first-order chi connectivity index (χ1) is 8.27. The van der Waals surface area contributed by atoms with E-state index in [-0.39, 0.29) is 5.91 Å². The van der Waals surface area contributed by atoms with Crippen LogP contribution in [-0.2, 0) is 11.3 Å². The highest BCUT2D eigenvalue weighted by Gasteiger charge is 2.13. The highest BCUT2D eigenvalue weighted by Crippen LogP contribution is 2.00. The van der Waals surface area contributed by atoms with Crippen LogP contribution in [0.25, 0.3) is 0 Å². The molecule has 0 aliphatic rings. The third-order valence-electron chi connectivity index (χ3n) is 2.58. The molecule has 1 rings (SSSR count). The maximum absolute atomic E-state index is 11.4. The molecule has 1 aromatic heterocycles. The molecule has 5 heteroatoms. The van der Waals surface area contributed by atoms with Crippen molar-refractivity contribution in [1.29, 1.82) is 5.26 Å². The number of amides is 1. The zero-order chi connectivity index (χ0) is 12.5. The van der Waals surface area contributed by atoms with E-state index in [1.165, 1.54) is 0 Å². The van der Waals surface area contributed by atoms with Gasteiger partial charge in [0.05, 0.1) is 12.4 Å². The summed E-state index contributed by atoms with van der Waals surface area (Å²) < 4.78 is 2.01. The van der Waals surface area contributed by atoms with Gasteiger partial charge >= 0.3 is 0 Å². The molecule has 1 unspecified atom stereocenters. The highest BCUT2D eigenvalue weighted by atomic mass is 16.1. The number of unbranched alkanes of at least 4 members (excludes halogenated alkanes) is 1. The molecular formula is C12H18N4O. The van der Waals surface area contributed by atoms with Gasteiger partial charge in [0.2, 0.25) is 5.91 Å². The molecule has 1 amide bonds. The predicted molar refractivity (Wildman–Crippen MR) is 63.9 cm³/mol. The Bertz CT molecular complexity index is 366. The van der Waals surface area contributed by atoms with Crippen LogP contribution >= 0.6 is 0 Å². The molecule has 0 radical (unpaired) electrons. The summed E-state index contributed by atoms with van der Waals surface area (Å²) in [6.45, 7) is 3.38. The van der Waals surface area contributed by atoms with Crippen molar-refractivity contribution in [3.8, 4) is 6.07 Å². The first kappa shape index (κ1) is 13.2. The molecule has 1 aromatic rings. The van der Waals surface area contributed by atoms with Crippen molar-refractivity contribution < 1.29 is 4.79 Å². The van der Waals surface area contributed by atoms with Gasteiger partial charge in [-0.05, 0) is 19.3 Å². The van der Waals surface area contributed by atoms with Crippen molar-refractivity contribution >= 4 is 5.91 Å². The van der Waals surface area contributed by atoms with E-state index in [4.69, 9.17) is 5.26 Å². The topological polar surface area (TPSA) is 70.7 Å². The van der Waals surface area contributed by atoms with E-state index in [1.54, 1.807) is 12.5 Å². The van der Waals surface area contributed by atoms with Crippen molar-refractivity contribution in [3.05, 3.63) is 18.7 Å². The SMILES string of the molecule is CCC(C#N)C(=O)NCCCCn1ccnc1. The Morgan fingerprint density at radius 1 is 1.59 bits per heavy atom. The van der Waals surface area contributed by atoms with Crippen LogP contribution in [0.1, 0.15) is 26.2 Å². The molecule has 1 atom stereocenters. The van der Waals surface area contributed by atoms with E-state index in [1.807, 2.05) is 23.8 Å². The summed E-state index contributed by atoms with van der Waals surface area (Å²) in [5.74, 6) is -0.665. The molecule has 0 fully saturated rings. The number of nitrogens with zero attached hydrogens (tertiary/aromatic N) is 3. The number of aryl methyl sites for hydroxylation is 1. The van der Waals surface area contributed by atoms with E-state index in [9.17, 15) is 4.79 Å². The summed E-state index contributed by atoms with van der Waals surface area (Å²) in [6.07, 6.45) is 7.91. The van der Waals surface area contributed by atoms with E-state index < -0.39 is 5.92 Å². The third-order valence-corrected chi connectivity index (χ3v) is 2.58. The summed E-state index contributed by atoms with van der Waals surface area (Å²) in [5, 5.41) is 11.5. The van der Waals surface area contributed by atoms with Gasteiger partial charge in [0.1, 0.15) is 5.92 Å². The third kappa shape index (κ3) is 4.68. The Labute approximate surface area is 101 Å². The number of hydrogen-bond donors (Lipinski definition) is 1. The lowest BCUT2D eigenvalue weighted by atomic mass is 10.1. The molecule has 5 nitrogen and oxygen atoms in total. The van der Waals surface area contributed by atoms with Crippen molar-refractivity contribution in [3.63, 3.8) is 0 Å². The van der Waals surface area contributed by atoms with E-state index >= 15 is 0 Å². The van der Waals surface area contributed by atoms with Crippen LogP contribution in [0, 0.1) is 17.2 Å². The summed E-state index contributed by atoms with van der Waals surface area (Å²) in [7, 11) is 0. The smallest absolute Gasteiger partial charge is 0.237 e. The average molecular weight is 234 g/mol. The summed E-state index contributed by atoms with van der Waals surface area (Å²) in [6, 6.07) is 1.99. The summed E-state index contributed by atoms with van der Waals surface area (Å²) in [4.78, 5) is 15.4. The second kappa shape index (κ2) is 7.44. The molecule has 0 aliphatic carbocycles. The largest absolute Gasteiger partial charge is 0.355 e. The number of carbonyl (C=O) groups excluding carboxylic acids is 1. The first-order valence-electron chi connectivity index (χ1n) is 5.91. The summed E-state index contributed by atoms with van der Waals surface area (Å²) >= 11 is 0. The number of nitriles is 1. The number of aromatic nitrogens is 2. The predicted octanol–water partition coefficient (Wildman–Crippen LogP) is 1.33. The lowest BCUT2D eigenvalue weighted by Gasteiger charge is -2.08. The Morgan fingerprint density at radius 2 is 2.41 bits per heavy atom. The minimum atomic E-state index is -0.511. The maximum Gasteiger partial charge on any atom is 0.237 e. The van der Waals surface area contributed by atoms with Crippen LogP contribution in [0.5, 0.6) is 0 Å². The van der Waals surface area contributed by atoms with Crippen LogP contribution < -0.4 is 5.32 Å². The normalized spacial score (nSPS) is 11.8. The molecule has 1 N–H and O–H groups in total. The van der Waals surface area contributed by atoms with Crippen molar-refractivity contribution in [2.45, 2.75) is 32.7 Å². The molecular weight excluding hydrogens is 216 g/mol. The zero-order valence-electron chi connectivity index (χ0n) is 10.1. The Hall–Kier alpha value is -1.83. The molecule has 0 aromatic carbocycles. The van der Waals surface area contributed by atoms with Crippen molar-refractivity contribution in [2.24, 2.45) is 5.92 Å². The molecule has 0 spiro atoms. The fourth-order valence-corrected chi connectivity index (χ4v) is 1.51. The fourth-order valence-electron chi connectivity index (χ4n) is 1.51. The Balaban J connectivity index is 2.08. The quantitative estimate of drug-likeness (QED) is 0.723. The van der Waals surface area contributed by atoms with E-state index in [0.29, 0.717) is 13.0 Å². The molecule has 0 bridgehead atoms. The number of nitrogens with one attached hydrogen (secondary N) is 1. The van der Waals surface area contributed by atoms with Gasteiger partial charge in [-0.25, -0.2) is 4.98 Å². The van der Waals surface area contributed by atoms with Gasteiger partial charge in [-0.2, -0.15) is 5.26 Å². The number of imidazole rings is 1. The molecule has 0 aliphatic heterocycles. The molecule has 0 saturated carbocycles. The van der Waals surface area contributed by atoms with Gasteiger partial charge in [-0.1, -0.05) is 6.92 Å². The first-order valence-corrected chi connectivity index (χ1v) is 5.91. The van der Waals surface area contributed by atoms with Crippen LogP contribution in [0.2, 0.25) is 0 Å². The minimum absolute atomic E-state index is 0.155. The van der Waals surface area contributed by atoms with Crippen molar-refractivity contribution in [1.82, 2.24) is 14.9 Å². The number of carbonyl (C=O) groups is 1. The fraction of sp³-hybridized carbons (Fsp3) is 0.583. The van der Waals surface area contributed by atoms with Crippen LogP contribution in [0.4, 0.5) is 0 Å².